The molecule has 5 heteroatoms. The number of sulfonamides is 1. The molecule has 21 heavy (non-hydrogen) atoms. The van der Waals surface area contributed by atoms with Gasteiger partial charge in [-0.2, -0.15) is 0 Å². The highest BCUT2D eigenvalue weighted by Crippen LogP contribution is 2.33. The van der Waals surface area contributed by atoms with Gasteiger partial charge in [0.15, 0.2) is 0 Å². The molecule has 1 aliphatic rings. The first-order valence-electron chi connectivity index (χ1n) is 6.96. The number of nitrogen functional groups attached to an aromatic ring is 1. The summed E-state index contributed by atoms with van der Waals surface area (Å²) in [6.45, 7) is 2.40. The van der Waals surface area contributed by atoms with E-state index in [2.05, 4.69) is 0 Å². The smallest absolute Gasteiger partial charge is 0.264 e. The Labute approximate surface area is 125 Å². The van der Waals surface area contributed by atoms with E-state index in [0.29, 0.717) is 17.1 Å². The van der Waals surface area contributed by atoms with Gasteiger partial charge >= 0.3 is 0 Å². The quantitative estimate of drug-likeness (QED) is 0.868. The largest absolute Gasteiger partial charge is 0.399 e. The Morgan fingerprint density at radius 2 is 1.95 bits per heavy atom. The van der Waals surface area contributed by atoms with Gasteiger partial charge in [0.2, 0.25) is 0 Å². The molecular formula is C16H18N2O2S. The van der Waals surface area contributed by atoms with Crippen molar-refractivity contribution in [2.45, 2.75) is 24.7 Å². The monoisotopic (exact) mass is 302 g/mol. The van der Waals surface area contributed by atoms with Gasteiger partial charge in [-0.25, -0.2) is 8.42 Å². The van der Waals surface area contributed by atoms with Crippen molar-refractivity contribution in [2.24, 2.45) is 0 Å². The number of hydrogen-bond donors (Lipinski definition) is 1. The average molecular weight is 302 g/mol. The molecule has 0 unspecified atom stereocenters. The SMILES string of the molecule is Cc1cccc(S(=O)(=O)N2CCCc3cc(N)ccc32)c1. The number of aryl methyl sites for hydroxylation is 2. The van der Waals surface area contributed by atoms with Crippen molar-refractivity contribution in [1.29, 1.82) is 0 Å². The summed E-state index contributed by atoms with van der Waals surface area (Å²) in [5.41, 5.74) is 9.15. The van der Waals surface area contributed by atoms with Crippen LogP contribution in [0.5, 0.6) is 0 Å². The molecule has 0 saturated heterocycles. The van der Waals surface area contributed by atoms with E-state index in [1.807, 2.05) is 19.1 Å². The molecule has 0 spiro atoms. The van der Waals surface area contributed by atoms with Gasteiger partial charge in [0, 0.05) is 12.2 Å². The van der Waals surface area contributed by atoms with Crippen LogP contribution in [0.4, 0.5) is 11.4 Å². The first kappa shape index (κ1) is 13.9. The molecule has 0 aromatic heterocycles. The fourth-order valence-corrected chi connectivity index (χ4v) is 4.38. The molecule has 0 saturated carbocycles. The summed E-state index contributed by atoms with van der Waals surface area (Å²) < 4.78 is 27.3. The Morgan fingerprint density at radius 3 is 2.71 bits per heavy atom. The topological polar surface area (TPSA) is 63.4 Å². The average Bonchev–Trinajstić information content (AvgIpc) is 2.46. The van der Waals surface area contributed by atoms with Crippen LogP contribution in [-0.4, -0.2) is 15.0 Å². The first-order chi connectivity index (χ1) is 9.98. The van der Waals surface area contributed by atoms with Crippen LogP contribution in [0.25, 0.3) is 0 Å². The third-order valence-corrected chi connectivity index (χ3v) is 5.57. The summed E-state index contributed by atoms with van der Waals surface area (Å²) in [6.07, 6.45) is 1.67. The fraction of sp³-hybridized carbons (Fsp3) is 0.250. The van der Waals surface area contributed by atoms with Crippen LogP contribution >= 0.6 is 0 Å². The van der Waals surface area contributed by atoms with E-state index in [0.717, 1.165) is 29.7 Å². The number of nitrogens with zero attached hydrogens (tertiary/aromatic N) is 1. The number of nitrogens with two attached hydrogens (primary N) is 1. The molecule has 0 amide bonds. The number of rotatable bonds is 2. The summed E-state index contributed by atoms with van der Waals surface area (Å²) in [6, 6.07) is 12.4. The first-order valence-corrected chi connectivity index (χ1v) is 8.40. The molecule has 0 aliphatic carbocycles. The Bertz CT molecular complexity index is 785. The molecule has 2 aromatic rings. The van der Waals surface area contributed by atoms with E-state index >= 15 is 0 Å². The molecule has 0 fully saturated rings. The van der Waals surface area contributed by atoms with Crippen molar-refractivity contribution in [3.63, 3.8) is 0 Å². The maximum atomic E-state index is 12.9. The van der Waals surface area contributed by atoms with E-state index in [4.69, 9.17) is 5.73 Å². The maximum absolute atomic E-state index is 12.9. The summed E-state index contributed by atoms with van der Waals surface area (Å²) >= 11 is 0. The Balaban J connectivity index is 2.09. The van der Waals surface area contributed by atoms with Crippen molar-refractivity contribution in [3.8, 4) is 0 Å². The highest BCUT2D eigenvalue weighted by Gasteiger charge is 2.29. The number of benzene rings is 2. The van der Waals surface area contributed by atoms with Crippen LogP contribution in [0.3, 0.4) is 0 Å². The van der Waals surface area contributed by atoms with E-state index in [9.17, 15) is 8.42 Å². The maximum Gasteiger partial charge on any atom is 0.264 e. The van der Waals surface area contributed by atoms with Crippen LogP contribution in [0.1, 0.15) is 17.5 Å². The molecule has 0 bridgehead atoms. The van der Waals surface area contributed by atoms with Crippen LogP contribution in [0.2, 0.25) is 0 Å². The van der Waals surface area contributed by atoms with Gasteiger partial charge in [0.25, 0.3) is 10.0 Å². The molecule has 2 N–H and O–H groups in total. The predicted octanol–water partition coefficient (Wildman–Crippen LogP) is 2.72. The van der Waals surface area contributed by atoms with Crippen molar-refractivity contribution >= 4 is 21.4 Å². The zero-order valence-electron chi connectivity index (χ0n) is 11.9. The molecule has 3 rings (SSSR count). The van der Waals surface area contributed by atoms with Crippen molar-refractivity contribution in [1.82, 2.24) is 0 Å². The Hall–Kier alpha value is -2.01. The fourth-order valence-electron chi connectivity index (χ4n) is 2.74. The summed E-state index contributed by atoms with van der Waals surface area (Å²) in [4.78, 5) is 0.340. The lowest BCUT2D eigenvalue weighted by Gasteiger charge is -2.30. The van der Waals surface area contributed by atoms with Gasteiger partial charge in [-0.3, -0.25) is 4.31 Å². The molecule has 4 nitrogen and oxygen atoms in total. The van der Waals surface area contributed by atoms with Gasteiger partial charge in [-0.1, -0.05) is 12.1 Å². The zero-order chi connectivity index (χ0) is 15.0. The zero-order valence-corrected chi connectivity index (χ0v) is 12.7. The van der Waals surface area contributed by atoms with Crippen molar-refractivity contribution < 1.29 is 8.42 Å². The van der Waals surface area contributed by atoms with E-state index in [1.165, 1.54) is 4.31 Å². The molecule has 1 heterocycles. The minimum absolute atomic E-state index is 0.340. The second-order valence-corrected chi connectivity index (χ2v) is 7.25. The van der Waals surface area contributed by atoms with Crippen LogP contribution in [0, 0.1) is 6.92 Å². The molecule has 0 radical (unpaired) electrons. The minimum atomic E-state index is -3.52. The second-order valence-electron chi connectivity index (χ2n) is 5.39. The summed E-state index contributed by atoms with van der Waals surface area (Å²) in [7, 11) is -3.52. The predicted molar refractivity (Wildman–Crippen MR) is 84.9 cm³/mol. The van der Waals surface area contributed by atoms with Crippen LogP contribution < -0.4 is 10.0 Å². The van der Waals surface area contributed by atoms with Gasteiger partial charge < -0.3 is 5.73 Å². The van der Waals surface area contributed by atoms with Gasteiger partial charge in [0.1, 0.15) is 0 Å². The van der Waals surface area contributed by atoms with Crippen molar-refractivity contribution in [3.05, 3.63) is 53.6 Å². The van der Waals surface area contributed by atoms with Crippen LogP contribution in [-0.2, 0) is 16.4 Å². The van der Waals surface area contributed by atoms with Crippen LogP contribution in [0.15, 0.2) is 47.4 Å². The molecule has 2 aromatic carbocycles. The third kappa shape index (κ3) is 2.49. The highest BCUT2D eigenvalue weighted by molar-refractivity contribution is 7.92. The lowest BCUT2D eigenvalue weighted by Crippen LogP contribution is -2.35. The van der Waals surface area contributed by atoms with Gasteiger partial charge in [-0.05, 0) is 61.2 Å². The van der Waals surface area contributed by atoms with Crippen molar-refractivity contribution in [2.75, 3.05) is 16.6 Å². The Kier molecular flexibility index (Phi) is 3.37. The lowest BCUT2D eigenvalue weighted by atomic mass is 10.0. The third-order valence-electron chi connectivity index (χ3n) is 3.76. The van der Waals surface area contributed by atoms with E-state index in [-0.39, 0.29) is 0 Å². The molecular weight excluding hydrogens is 284 g/mol. The molecule has 110 valence electrons. The van der Waals surface area contributed by atoms with Gasteiger partial charge in [-0.15, -0.1) is 0 Å². The molecule has 0 atom stereocenters. The van der Waals surface area contributed by atoms with E-state index in [1.54, 1.807) is 30.3 Å². The normalized spacial score (nSPS) is 14.8. The second kappa shape index (κ2) is 5.07. The van der Waals surface area contributed by atoms with E-state index < -0.39 is 10.0 Å². The summed E-state index contributed by atoms with van der Waals surface area (Å²) in [5, 5.41) is 0. The Morgan fingerprint density at radius 1 is 1.14 bits per heavy atom. The number of fused-ring (bicyclic) bond motifs is 1. The highest BCUT2D eigenvalue weighted by atomic mass is 32.2. The number of anilines is 2. The molecule has 1 aliphatic heterocycles. The number of hydrogen-bond acceptors (Lipinski definition) is 3. The standard InChI is InChI=1S/C16H18N2O2S/c1-12-4-2-6-15(10-12)21(19,20)18-9-3-5-13-11-14(17)7-8-16(13)18/h2,4,6-8,10-11H,3,5,9,17H2,1H3. The lowest BCUT2D eigenvalue weighted by molar-refractivity contribution is 0.586. The minimum Gasteiger partial charge on any atom is -0.399 e. The summed E-state index contributed by atoms with van der Waals surface area (Å²) in [5.74, 6) is 0. The van der Waals surface area contributed by atoms with Gasteiger partial charge in [0.05, 0.1) is 10.6 Å².